The molecule has 86 valence electrons. The van der Waals surface area contributed by atoms with Crippen LogP contribution in [0, 0.1) is 5.41 Å². The van der Waals surface area contributed by atoms with Crippen LogP contribution >= 0.6 is 0 Å². The number of carbonyl (C=O) groups is 1. The Kier molecular flexibility index (Phi) is 4.02. The predicted octanol–water partition coefficient (Wildman–Crippen LogP) is 0.315. The minimum atomic E-state index is -0.997. The van der Waals surface area contributed by atoms with Gasteiger partial charge in [0.2, 0.25) is 0 Å². The Morgan fingerprint density at radius 2 is 2.19 bits per heavy atom. The average Bonchev–Trinajstić information content (AvgIpc) is 2.26. The quantitative estimate of drug-likeness (QED) is 0.423. The molecule has 0 aliphatic carbocycles. The number of carboxylic acids is 1. The summed E-state index contributed by atoms with van der Waals surface area (Å²) in [6.45, 7) is 0. The Morgan fingerprint density at radius 1 is 1.50 bits per heavy atom. The number of hydrogen-bond acceptors (Lipinski definition) is 3. The first-order valence-electron chi connectivity index (χ1n) is 4.92. The van der Waals surface area contributed by atoms with Crippen LogP contribution in [0.1, 0.15) is 17.5 Å². The summed E-state index contributed by atoms with van der Waals surface area (Å²) in [6.07, 6.45) is 0.936. The highest BCUT2D eigenvalue weighted by Crippen LogP contribution is 2.08. The average molecular weight is 221 g/mol. The number of aliphatic carboxylic acids is 1. The largest absolute Gasteiger partial charge is 0.480 e. The van der Waals surface area contributed by atoms with E-state index >= 15 is 0 Å². The van der Waals surface area contributed by atoms with Crippen LogP contribution in [0.3, 0.4) is 0 Å². The van der Waals surface area contributed by atoms with Crippen molar-refractivity contribution in [2.75, 3.05) is 0 Å². The molecule has 1 rings (SSSR count). The summed E-state index contributed by atoms with van der Waals surface area (Å²) in [5.41, 5.74) is 12.3. The molecule has 0 saturated carbocycles. The van der Waals surface area contributed by atoms with Crippen molar-refractivity contribution in [3.8, 4) is 0 Å². The van der Waals surface area contributed by atoms with E-state index < -0.39 is 12.0 Å². The number of hydrogen-bond donors (Lipinski definition) is 4. The molecule has 1 atom stereocenters. The Morgan fingerprint density at radius 3 is 2.75 bits per heavy atom. The van der Waals surface area contributed by atoms with E-state index in [1.54, 1.807) is 18.2 Å². The molecule has 1 aromatic carbocycles. The number of nitrogens with two attached hydrogens (primary N) is 2. The van der Waals surface area contributed by atoms with Gasteiger partial charge >= 0.3 is 5.97 Å². The first-order valence-corrected chi connectivity index (χ1v) is 4.92. The normalized spacial score (nSPS) is 12.1. The van der Waals surface area contributed by atoms with Gasteiger partial charge in [-0.1, -0.05) is 18.2 Å². The van der Waals surface area contributed by atoms with Crippen LogP contribution in [-0.4, -0.2) is 23.0 Å². The summed E-state index contributed by atoms with van der Waals surface area (Å²) in [7, 11) is 0. The Labute approximate surface area is 93.6 Å². The highest BCUT2D eigenvalue weighted by Gasteiger charge is 2.11. The van der Waals surface area contributed by atoms with Crippen LogP contribution in [0.5, 0.6) is 0 Å². The topological polar surface area (TPSA) is 113 Å². The van der Waals surface area contributed by atoms with E-state index in [2.05, 4.69) is 0 Å². The summed E-state index contributed by atoms with van der Waals surface area (Å²) >= 11 is 0. The van der Waals surface area contributed by atoms with Crippen molar-refractivity contribution in [3.05, 3.63) is 35.4 Å². The first kappa shape index (κ1) is 12.2. The maximum Gasteiger partial charge on any atom is 0.320 e. The molecule has 1 aromatic rings. The van der Waals surface area contributed by atoms with Gasteiger partial charge in [-0.15, -0.1) is 0 Å². The van der Waals surface area contributed by atoms with Crippen molar-refractivity contribution in [2.24, 2.45) is 11.5 Å². The van der Waals surface area contributed by atoms with Gasteiger partial charge in [-0.3, -0.25) is 10.2 Å². The maximum atomic E-state index is 10.5. The van der Waals surface area contributed by atoms with Crippen LogP contribution in [0.4, 0.5) is 0 Å². The standard InChI is InChI=1S/C11H15N3O2/c12-9(11(15)16)5-4-7-2-1-3-8(6-7)10(13)14/h1-3,6,9H,4-5,12H2,(H3,13,14)(H,15,16)/t9-/m0/s1. The molecule has 0 aromatic heterocycles. The molecular weight excluding hydrogens is 206 g/mol. The van der Waals surface area contributed by atoms with E-state index in [4.69, 9.17) is 22.0 Å². The molecule has 0 fully saturated rings. The van der Waals surface area contributed by atoms with Gasteiger partial charge in [0.05, 0.1) is 0 Å². The van der Waals surface area contributed by atoms with Gasteiger partial charge in [0.1, 0.15) is 11.9 Å². The smallest absolute Gasteiger partial charge is 0.320 e. The van der Waals surface area contributed by atoms with Crippen LogP contribution < -0.4 is 11.5 Å². The highest BCUT2D eigenvalue weighted by atomic mass is 16.4. The van der Waals surface area contributed by atoms with Crippen molar-refractivity contribution < 1.29 is 9.90 Å². The molecule has 0 amide bonds. The van der Waals surface area contributed by atoms with Crippen molar-refractivity contribution in [2.45, 2.75) is 18.9 Å². The van der Waals surface area contributed by atoms with Crippen molar-refractivity contribution in [1.29, 1.82) is 5.41 Å². The summed E-state index contributed by atoms with van der Waals surface area (Å²) in [5.74, 6) is -0.993. The van der Waals surface area contributed by atoms with E-state index in [-0.39, 0.29) is 5.84 Å². The molecule has 0 unspecified atom stereocenters. The molecule has 0 spiro atoms. The van der Waals surface area contributed by atoms with Crippen molar-refractivity contribution >= 4 is 11.8 Å². The zero-order valence-corrected chi connectivity index (χ0v) is 8.81. The van der Waals surface area contributed by atoms with Crippen LogP contribution in [0.15, 0.2) is 24.3 Å². The van der Waals surface area contributed by atoms with Gasteiger partial charge < -0.3 is 16.6 Å². The van der Waals surface area contributed by atoms with Crippen LogP contribution in [0.25, 0.3) is 0 Å². The van der Waals surface area contributed by atoms with E-state index in [0.717, 1.165) is 5.56 Å². The fourth-order valence-electron chi connectivity index (χ4n) is 1.34. The zero-order chi connectivity index (χ0) is 12.1. The fraction of sp³-hybridized carbons (Fsp3) is 0.273. The Balaban J connectivity index is 2.64. The first-order chi connectivity index (χ1) is 7.50. The summed E-state index contributed by atoms with van der Waals surface area (Å²) in [6, 6.07) is 6.32. The third-order valence-corrected chi connectivity index (χ3v) is 2.30. The number of nitrogens with one attached hydrogen (secondary N) is 1. The lowest BCUT2D eigenvalue weighted by atomic mass is 10.0. The van der Waals surface area contributed by atoms with Gasteiger partial charge in [-0.05, 0) is 24.5 Å². The van der Waals surface area contributed by atoms with Gasteiger partial charge in [0, 0.05) is 5.56 Å². The molecule has 0 saturated heterocycles. The molecule has 5 heteroatoms. The highest BCUT2D eigenvalue weighted by molar-refractivity contribution is 5.95. The van der Waals surface area contributed by atoms with E-state index in [1.165, 1.54) is 0 Å². The Bertz CT molecular complexity index is 404. The molecule has 0 bridgehead atoms. The molecule has 16 heavy (non-hydrogen) atoms. The molecule has 0 radical (unpaired) electrons. The number of rotatable bonds is 5. The summed E-state index contributed by atoms with van der Waals surface area (Å²) < 4.78 is 0. The molecule has 0 aliphatic heterocycles. The molecule has 0 heterocycles. The minimum Gasteiger partial charge on any atom is -0.480 e. The maximum absolute atomic E-state index is 10.5. The van der Waals surface area contributed by atoms with E-state index in [1.807, 2.05) is 6.07 Å². The number of benzene rings is 1. The second-order valence-electron chi connectivity index (χ2n) is 3.60. The molecule has 5 nitrogen and oxygen atoms in total. The lowest BCUT2D eigenvalue weighted by Gasteiger charge is -2.07. The van der Waals surface area contributed by atoms with Crippen LogP contribution in [-0.2, 0) is 11.2 Å². The molecule has 6 N–H and O–H groups in total. The summed E-state index contributed by atoms with van der Waals surface area (Å²) in [5, 5.41) is 15.9. The number of amidine groups is 1. The van der Waals surface area contributed by atoms with Crippen molar-refractivity contribution in [3.63, 3.8) is 0 Å². The number of nitrogen functional groups attached to an aromatic ring is 1. The second-order valence-corrected chi connectivity index (χ2v) is 3.60. The monoisotopic (exact) mass is 221 g/mol. The predicted molar refractivity (Wildman–Crippen MR) is 61.4 cm³/mol. The minimum absolute atomic E-state index is 0.00406. The van der Waals surface area contributed by atoms with E-state index in [0.29, 0.717) is 18.4 Å². The number of carboxylic acid groups (broad SMARTS) is 1. The number of aryl methyl sites for hydroxylation is 1. The lowest BCUT2D eigenvalue weighted by molar-refractivity contribution is -0.138. The molecule has 0 aliphatic rings. The van der Waals surface area contributed by atoms with Crippen LogP contribution in [0.2, 0.25) is 0 Å². The van der Waals surface area contributed by atoms with Gasteiger partial charge in [-0.2, -0.15) is 0 Å². The van der Waals surface area contributed by atoms with Gasteiger partial charge in [0.25, 0.3) is 0 Å². The SMILES string of the molecule is N=C(N)c1cccc(CC[C@H](N)C(=O)O)c1. The molecular formula is C11H15N3O2. The van der Waals surface area contributed by atoms with Gasteiger partial charge in [-0.25, -0.2) is 0 Å². The zero-order valence-electron chi connectivity index (χ0n) is 8.81. The second kappa shape index (κ2) is 5.27. The fourth-order valence-corrected chi connectivity index (χ4v) is 1.34. The van der Waals surface area contributed by atoms with Gasteiger partial charge in [0.15, 0.2) is 0 Å². The lowest BCUT2D eigenvalue weighted by Crippen LogP contribution is -2.30. The van der Waals surface area contributed by atoms with Crippen molar-refractivity contribution in [1.82, 2.24) is 0 Å². The third-order valence-electron chi connectivity index (χ3n) is 2.30. The summed E-state index contributed by atoms with van der Waals surface area (Å²) in [4.78, 5) is 10.5. The van der Waals surface area contributed by atoms with E-state index in [9.17, 15) is 4.79 Å². The Hall–Kier alpha value is -1.88. The third kappa shape index (κ3) is 3.36.